The number of rotatable bonds is 3. The SMILES string of the molecule is CCN(CC)C(=O)N[C@H]1C[C@@H]2c3cccc4c3[C@H](CN4)C[C@H]2N(C)C1. The molecule has 25 heavy (non-hydrogen) atoms. The van der Waals surface area contributed by atoms with E-state index in [1.807, 2.05) is 18.7 Å². The highest BCUT2D eigenvalue weighted by molar-refractivity contribution is 5.74. The standard InChI is InChI=1S/C20H30N4O/c1-4-24(5-2)20(25)22-14-10-16-15-7-6-8-17-19(15)13(11-21-17)9-18(16)23(3)12-14/h6-8,13-14,16,18,21H,4-5,9-12H2,1-3H3,(H,22,25)/t13-,14-,16+,18+/m0/s1. The zero-order chi connectivity index (χ0) is 17.6. The predicted octanol–water partition coefficient (Wildman–Crippen LogP) is 2.81. The first-order chi connectivity index (χ1) is 12.1. The van der Waals surface area contributed by atoms with E-state index in [1.165, 1.54) is 17.7 Å². The number of hydrogen-bond acceptors (Lipinski definition) is 3. The average molecular weight is 342 g/mol. The molecule has 5 heteroatoms. The maximum atomic E-state index is 12.5. The van der Waals surface area contributed by atoms with Gasteiger partial charge in [-0.25, -0.2) is 4.79 Å². The minimum absolute atomic E-state index is 0.0792. The molecule has 0 radical (unpaired) electrons. The molecule has 4 rings (SSSR count). The first kappa shape index (κ1) is 16.7. The van der Waals surface area contributed by atoms with E-state index >= 15 is 0 Å². The van der Waals surface area contributed by atoms with Crippen LogP contribution in [0.2, 0.25) is 0 Å². The minimum atomic E-state index is 0.0792. The molecule has 3 aliphatic rings. The van der Waals surface area contributed by atoms with Crippen molar-refractivity contribution in [3.63, 3.8) is 0 Å². The summed E-state index contributed by atoms with van der Waals surface area (Å²) in [5.41, 5.74) is 4.39. The molecule has 1 saturated heterocycles. The van der Waals surface area contributed by atoms with Gasteiger partial charge in [0.05, 0.1) is 0 Å². The number of carbonyl (C=O) groups is 1. The van der Waals surface area contributed by atoms with Crippen LogP contribution in [0.25, 0.3) is 0 Å². The number of benzene rings is 1. The van der Waals surface area contributed by atoms with Crippen LogP contribution in [0, 0.1) is 0 Å². The molecule has 136 valence electrons. The maximum absolute atomic E-state index is 12.5. The van der Waals surface area contributed by atoms with Crippen LogP contribution >= 0.6 is 0 Å². The quantitative estimate of drug-likeness (QED) is 0.888. The summed E-state index contributed by atoms with van der Waals surface area (Å²) in [6, 6.07) is 7.61. The Balaban J connectivity index is 1.56. The van der Waals surface area contributed by atoms with Gasteiger partial charge in [0.1, 0.15) is 0 Å². The number of nitrogens with zero attached hydrogens (tertiary/aromatic N) is 2. The van der Waals surface area contributed by atoms with Gasteiger partial charge in [0.25, 0.3) is 0 Å². The van der Waals surface area contributed by atoms with E-state index in [0.717, 1.165) is 32.6 Å². The topological polar surface area (TPSA) is 47.6 Å². The lowest BCUT2D eigenvalue weighted by Gasteiger charge is -2.47. The molecule has 0 unspecified atom stereocenters. The van der Waals surface area contributed by atoms with Crippen molar-refractivity contribution in [3.05, 3.63) is 29.3 Å². The second-order valence-electron chi connectivity index (χ2n) is 7.79. The summed E-state index contributed by atoms with van der Waals surface area (Å²) in [6.07, 6.45) is 2.28. The van der Waals surface area contributed by atoms with Gasteiger partial charge >= 0.3 is 6.03 Å². The molecule has 1 aromatic carbocycles. The lowest BCUT2D eigenvalue weighted by Crippen LogP contribution is -2.56. The lowest BCUT2D eigenvalue weighted by molar-refractivity contribution is 0.108. The molecule has 2 N–H and O–H groups in total. The first-order valence-corrected chi connectivity index (χ1v) is 9.74. The van der Waals surface area contributed by atoms with E-state index < -0.39 is 0 Å². The van der Waals surface area contributed by atoms with E-state index in [4.69, 9.17) is 0 Å². The normalized spacial score (nSPS) is 30.2. The van der Waals surface area contributed by atoms with Crippen molar-refractivity contribution in [1.82, 2.24) is 15.1 Å². The number of fused-ring (bicyclic) bond motifs is 2. The summed E-state index contributed by atoms with van der Waals surface area (Å²) in [6.45, 7) is 7.61. The number of urea groups is 1. The van der Waals surface area contributed by atoms with E-state index in [1.54, 1.807) is 5.56 Å². The van der Waals surface area contributed by atoms with Crippen LogP contribution in [-0.4, -0.2) is 61.1 Å². The van der Waals surface area contributed by atoms with Crippen molar-refractivity contribution in [2.24, 2.45) is 0 Å². The Bertz CT molecular complexity index is 657. The van der Waals surface area contributed by atoms with Crippen molar-refractivity contribution >= 4 is 11.7 Å². The number of likely N-dealkylation sites (tertiary alicyclic amines) is 1. The number of anilines is 1. The van der Waals surface area contributed by atoms with E-state index in [0.29, 0.717) is 17.9 Å². The molecule has 0 saturated carbocycles. The van der Waals surface area contributed by atoms with Gasteiger partial charge in [-0.1, -0.05) is 12.1 Å². The molecular weight excluding hydrogens is 312 g/mol. The highest BCUT2D eigenvalue weighted by Crippen LogP contribution is 2.49. The fraction of sp³-hybridized carbons (Fsp3) is 0.650. The van der Waals surface area contributed by atoms with E-state index in [2.05, 4.69) is 40.8 Å². The Morgan fingerprint density at radius 3 is 2.88 bits per heavy atom. The number of hydrogen-bond donors (Lipinski definition) is 2. The second kappa shape index (κ2) is 6.52. The van der Waals surface area contributed by atoms with Gasteiger partial charge in [-0.05, 0) is 50.9 Å². The summed E-state index contributed by atoms with van der Waals surface area (Å²) >= 11 is 0. The zero-order valence-electron chi connectivity index (χ0n) is 15.6. The number of likely N-dealkylation sites (N-methyl/N-ethyl adjacent to an activating group) is 1. The maximum Gasteiger partial charge on any atom is 0.317 e. The Hall–Kier alpha value is -1.75. The van der Waals surface area contributed by atoms with E-state index in [9.17, 15) is 4.79 Å². The lowest BCUT2D eigenvalue weighted by atomic mass is 9.70. The largest absolute Gasteiger partial charge is 0.384 e. The molecule has 5 nitrogen and oxygen atoms in total. The van der Waals surface area contributed by atoms with E-state index in [-0.39, 0.29) is 12.1 Å². The number of nitrogens with one attached hydrogen (secondary N) is 2. The van der Waals surface area contributed by atoms with Gasteiger partial charge in [-0.2, -0.15) is 0 Å². The monoisotopic (exact) mass is 342 g/mol. The Morgan fingerprint density at radius 1 is 1.32 bits per heavy atom. The smallest absolute Gasteiger partial charge is 0.317 e. The third kappa shape index (κ3) is 2.78. The summed E-state index contributed by atoms with van der Waals surface area (Å²) in [5, 5.41) is 6.87. The zero-order valence-corrected chi connectivity index (χ0v) is 15.6. The van der Waals surface area contributed by atoms with Crippen LogP contribution in [0.15, 0.2) is 18.2 Å². The molecule has 0 bridgehead atoms. The average Bonchev–Trinajstić information content (AvgIpc) is 3.02. The summed E-state index contributed by atoms with van der Waals surface area (Å²) in [5.74, 6) is 1.17. The van der Waals surface area contributed by atoms with Gasteiger partial charge in [0, 0.05) is 55.8 Å². The molecule has 2 amide bonds. The van der Waals surface area contributed by atoms with Crippen molar-refractivity contribution in [3.8, 4) is 0 Å². The van der Waals surface area contributed by atoms with Crippen molar-refractivity contribution in [1.29, 1.82) is 0 Å². The molecule has 1 aromatic rings. The number of piperidine rings is 1. The first-order valence-electron chi connectivity index (χ1n) is 9.74. The molecule has 0 spiro atoms. The molecular formula is C20H30N4O. The predicted molar refractivity (Wildman–Crippen MR) is 101 cm³/mol. The summed E-state index contributed by atoms with van der Waals surface area (Å²) < 4.78 is 0. The molecule has 1 aliphatic carbocycles. The van der Waals surface area contributed by atoms with Crippen LogP contribution in [0.1, 0.15) is 49.7 Å². The van der Waals surface area contributed by atoms with Gasteiger partial charge < -0.3 is 20.4 Å². The second-order valence-corrected chi connectivity index (χ2v) is 7.79. The molecule has 0 aromatic heterocycles. The fourth-order valence-corrected chi connectivity index (χ4v) is 5.23. The van der Waals surface area contributed by atoms with Gasteiger partial charge in [0.15, 0.2) is 0 Å². The molecule has 1 fully saturated rings. The van der Waals surface area contributed by atoms with Crippen molar-refractivity contribution in [2.45, 2.75) is 50.6 Å². The highest BCUT2D eigenvalue weighted by Gasteiger charge is 2.44. The van der Waals surface area contributed by atoms with Crippen LogP contribution in [-0.2, 0) is 0 Å². The third-order valence-corrected chi connectivity index (χ3v) is 6.47. The summed E-state index contributed by atoms with van der Waals surface area (Å²) in [4.78, 5) is 16.8. The molecule has 2 aliphatic heterocycles. The van der Waals surface area contributed by atoms with Gasteiger partial charge in [-0.3, -0.25) is 0 Å². The van der Waals surface area contributed by atoms with Crippen molar-refractivity contribution in [2.75, 3.05) is 38.5 Å². The molecule has 2 heterocycles. The Kier molecular flexibility index (Phi) is 4.36. The van der Waals surface area contributed by atoms with Crippen molar-refractivity contribution < 1.29 is 4.79 Å². The van der Waals surface area contributed by atoms with Crippen LogP contribution in [0.3, 0.4) is 0 Å². The fourth-order valence-electron chi connectivity index (χ4n) is 5.23. The summed E-state index contributed by atoms with van der Waals surface area (Å²) in [7, 11) is 2.23. The third-order valence-electron chi connectivity index (χ3n) is 6.47. The number of amides is 2. The highest BCUT2D eigenvalue weighted by atomic mass is 16.2. The van der Waals surface area contributed by atoms with Crippen LogP contribution in [0.4, 0.5) is 10.5 Å². The Morgan fingerprint density at radius 2 is 2.12 bits per heavy atom. The molecule has 4 atom stereocenters. The minimum Gasteiger partial charge on any atom is -0.384 e. The van der Waals surface area contributed by atoms with Gasteiger partial charge in [0.2, 0.25) is 0 Å². The van der Waals surface area contributed by atoms with Gasteiger partial charge in [-0.15, -0.1) is 0 Å². The van der Waals surface area contributed by atoms with Crippen LogP contribution < -0.4 is 10.6 Å². The number of carbonyl (C=O) groups excluding carboxylic acids is 1. The van der Waals surface area contributed by atoms with Crippen LogP contribution in [0.5, 0.6) is 0 Å². The Labute approximate surface area is 150 Å².